The first-order chi connectivity index (χ1) is 25.8. The first kappa shape index (κ1) is 37.3. The van der Waals surface area contributed by atoms with Crippen molar-refractivity contribution in [2.45, 2.75) is 20.0 Å². The Morgan fingerprint density at radius 2 is 1.39 bits per heavy atom. The number of halogens is 3. The van der Waals surface area contributed by atoms with Crippen LogP contribution in [0.5, 0.6) is 10.4 Å². The minimum Gasteiger partial charge on any atom is -0.472 e. The van der Waals surface area contributed by atoms with Gasteiger partial charge in [0, 0.05) is 53.5 Å². The van der Waals surface area contributed by atoms with Crippen LogP contribution in [0, 0.1) is 13.8 Å². The van der Waals surface area contributed by atoms with E-state index in [0.29, 0.717) is 22.5 Å². The minimum atomic E-state index is -4.92. The summed E-state index contributed by atoms with van der Waals surface area (Å²) < 4.78 is 56.2. The van der Waals surface area contributed by atoms with Gasteiger partial charge in [-0.1, -0.05) is 16.3 Å². The van der Waals surface area contributed by atoms with E-state index in [9.17, 15) is 27.6 Å². The van der Waals surface area contributed by atoms with Crippen molar-refractivity contribution >= 4 is 50.7 Å². The van der Waals surface area contributed by atoms with Crippen LogP contribution >= 0.6 is 22.7 Å². The van der Waals surface area contributed by atoms with E-state index in [0.717, 1.165) is 34.9 Å². The molecule has 0 fully saturated rings. The number of hydrogen-bond donors (Lipinski definition) is 3. The molecule has 0 bridgehead atoms. The molecule has 0 aromatic carbocycles. The molecule has 0 spiro atoms. The Bertz CT molecular complexity index is 2400. The molecule has 0 aliphatic carbocycles. The third-order valence-corrected chi connectivity index (χ3v) is 9.28. The number of pyridine rings is 4. The average Bonchev–Trinajstić information content (AvgIpc) is 3.82. The lowest BCUT2D eigenvalue weighted by atomic mass is 9.96. The quantitative estimate of drug-likeness (QED) is 0.162. The number of rotatable bonds is 10. The highest BCUT2D eigenvalue weighted by atomic mass is 32.1. The van der Waals surface area contributed by atoms with Crippen LogP contribution in [0.3, 0.4) is 0 Å². The van der Waals surface area contributed by atoms with Crippen molar-refractivity contribution in [3.8, 4) is 38.5 Å². The number of ether oxygens (including phenoxy) is 2. The predicted molar refractivity (Wildman–Crippen MR) is 189 cm³/mol. The van der Waals surface area contributed by atoms with Crippen molar-refractivity contribution in [1.29, 1.82) is 0 Å². The molecule has 54 heavy (non-hydrogen) atoms. The molecule has 0 unspecified atom stereocenters. The smallest absolute Gasteiger partial charge is 0.417 e. The molecule has 6 rings (SSSR count). The van der Waals surface area contributed by atoms with E-state index < -0.39 is 35.0 Å². The molecule has 6 aromatic heterocycles. The van der Waals surface area contributed by atoms with Crippen LogP contribution in [-0.4, -0.2) is 74.3 Å². The Morgan fingerprint density at radius 3 is 1.94 bits per heavy atom. The third-order valence-electron chi connectivity index (χ3n) is 7.68. The molecule has 0 saturated carbocycles. The van der Waals surface area contributed by atoms with Crippen molar-refractivity contribution in [3.05, 3.63) is 88.9 Å². The molecule has 0 aliphatic heterocycles. The zero-order valence-electron chi connectivity index (χ0n) is 28.8. The molecule has 16 nitrogen and oxygen atoms in total. The molecule has 0 atom stereocenters. The van der Waals surface area contributed by atoms with Crippen LogP contribution in [0.4, 0.5) is 23.4 Å². The second-order valence-electron chi connectivity index (χ2n) is 11.1. The number of hydrogen-bond acceptors (Lipinski definition) is 14. The van der Waals surface area contributed by atoms with Gasteiger partial charge in [0.2, 0.25) is 10.3 Å². The van der Waals surface area contributed by atoms with E-state index in [1.54, 1.807) is 26.0 Å². The molecule has 0 saturated heterocycles. The van der Waals surface area contributed by atoms with Gasteiger partial charge in [-0.25, -0.2) is 0 Å². The summed E-state index contributed by atoms with van der Waals surface area (Å²) in [6.07, 6.45) is -0.0203. The fourth-order valence-electron chi connectivity index (χ4n) is 5.14. The number of alkyl halides is 3. The lowest BCUT2D eigenvalue weighted by Gasteiger charge is -2.16. The van der Waals surface area contributed by atoms with Crippen LogP contribution in [0.1, 0.15) is 48.2 Å². The Balaban J connectivity index is 1.46. The molecular weight excluding hydrogens is 752 g/mol. The lowest BCUT2D eigenvalue weighted by molar-refractivity contribution is -0.606. The van der Waals surface area contributed by atoms with Crippen molar-refractivity contribution in [2.75, 3.05) is 31.9 Å². The van der Waals surface area contributed by atoms with Crippen LogP contribution in [0.15, 0.2) is 55.1 Å². The van der Waals surface area contributed by atoms with Gasteiger partial charge in [-0.15, -0.1) is 10.2 Å². The number of carbonyl (C=O) groups is 3. The summed E-state index contributed by atoms with van der Waals surface area (Å²) in [6, 6.07) is 6.81. The number of methoxy groups -OCH3 is 2. The minimum absolute atomic E-state index is 0.000665. The summed E-state index contributed by atoms with van der Waals surface area (Å²) in [5.74, 6) is -2.08. The van der Waals surface area contributed by atoms with Crippen LogP contribution < -0.4 is 30.0 Å². The zero-order valence-corrected chi connectivity index (χ0v) is 30.4. The largest absolute Gasteiger partial charge is 0.472 e. The monoisotopic (exact) mass is 778 g/mol. The number of carbonyl (C=O) groups excluding carboxylic acids is 3. The predicted octanol–water partition coefficient (Wildman–Crippen LogP) is 4.70. The first-order valence-corrected chi connectivity index (χ1v) is 17.1. The van der Waals surface area contributed by atoms with Crippen LogP contribution in [0.2, 0.25) is 0 Å². The van der Waals surface area contributed by atoms with Gasteiger partial charge < -0.3 is 14.8 Å². The summed E-state index contributed by atoms with van der Waals surface area (Å²) in [6.45, 7) is 3.19. The highest BCUT2D eigenvalue weighted by Crippen LogP contribution is 2.39. The van der Waals surface area contributed by atoms with E-state index in [1.807, 2.05) is 0 Å². The summed E-state index contributed by atoms with van der Waals surface area (Å²) in [5.41, 5.74) is -0.120. The molecule has 3 N–H and O–H groups in total. The van der Waals surface area contributed by atoms with Crippen molar-refractivity contribution in [2.24, 2.45) is 0 Å². The second kappa shape index (κ2) is 15.2. The number of amides is 3. The van der Waals surface area contributed by atoms with Crippen LogP contribution in [0.25, 0.3) is 28.1 Å². The molecule has 3 amide bonds. The maximum atomic E-state index is 14.9. The lowest BCUT2D eigenvalue weighted by Crippen LogP contribution is -2.37. The maximum Gasteiger partial charge on any atom is 0.417 e. The van der Waals surface area contributed by atoms with Gasteiger partial charge in [0.15, 0.2) is 0 Å². The Kier molecular flexibility index (Phi) is 10.5. The number of nitrogens with zero attached hydrogens (tertiary/aromatic N) is 8. The average molecular weight is 779 g/mol. The van der Waals surface area contributed by atoms with Gasteiger partial charge in [-0.05, 0) is 59.7 Å². The highest BCUT2D eigenvalue weighted by molar-refractivity contribution is 7.17. The number of nitrogens with one attached hydrogen (secondary N) is 3. The zero-order chi connectivity index (χ0) is 38.7. The second-order valence-corrected chi connectivity index (χ2v) is 13.0. The van der Waals surface area contributed by atoms with Crippen molar-refractivity contribution in [1.82, 2.24) is 40.7 Å². The third kappa shape index (κ3) is 7.80. The van der Waals surface area contributed by atoms with Crippen molar-refractivity contribution in [3.63, 3.8) is 0 Å². The van der Waals surface area contributed by atoms with E-state index in [1.165, 1.54) is 56.6 Å². The molecule has 0 aliphatic rings. The van der Waals surface area contributed by atoms with Crippen molar-refractivity contribution < 1.29 is 41.6 Å². The molecular formula is C33H27F3N11O5S2+. The number of anilines is 2. The fourth-order valence-corrected chi connectivity index (χ4v) is 6.25. The molecule has 0 radical (unpaired) electrons. The van der Waals surface area contributed by atoms with E-state index >= 15 is 0 Å². The van der Waals surface area contributed by atoms with Crippen LogP contribution in [-0.2, 0) is 6.18 Å². The normalized spacial score (nSPS) is 11.2. The highest BCUT2D eigenvalue weighted by Gasteiger charge is 2.38. The summed E-state index contributed by atoms with van der Waals surface area (Å²) in [7, 11) is 4.22. The summed E-state index contributed by atoms with van der Waals surface area (Å²) >= 11 is 1.88. The van der Waals surface area contributed by atoms with Gasteiger partial charge in [-0.3, -0.25) is 35.0 Å². The Hall–Kier alpha value is -6.48. The Labute approximate surface area is 311 Å². The topological polar surface area (TPSA) is 200 Å². The van der Waals surface area contributed by atoms with Gasteiger partial charge >= 0.3 is 12.0 Å². The number of aromatic nitrogens is 8. The maximum absolute atomic E-state index is 14.9. The van der Waals surface area contributed by atoms with Gasteiger partial charge in [-0.2, -0.15) is 17.7 Å². The Morgan fingerprint density at radius 1 is 0.741 bits per heavy atom. The molecule has 6 heterocycles. The number of aryl methyl sites for hydroxylation is 2. The molecule has 6 aromatic rings. The first-order valence-electron chi connectivity index (χ1n) is 15.5. The van der Waals surface area contributed by atoms with Gasteiger partial charge in [0.25, 0.3) is 28.1 Å². The molecule has 21 heteroatoms. The van der Waals surface area contributed by atoms with E-state index in [2.05, 4.69) is 51.3 Å². The summed E-state index contributed by atoms with van der Waals surface area (Å²) in [5, 5.41) is 23.4. The standard InChI is InChI=1S/C33H26F3N11O5S2/c1-15-8-19(21(13-38-15)26(48)41-29-43-45-31(51-4)53-29)20-12-40-25(10-23(20)33(34,35)36)47-14-22(27(49)42-30-44-46-32(52-5)54-30)18(9-16(47)2)17-6-7-24(39-11-17)28(50)37-3/h6-14H,1-5H3,(H2-,37,41,42,43,44,48,49,50)/p+1. The SMILES string of the molecule is CNC(=O)c1ccc(-c2cc(C)[n+](-c3cc(C(F)(F)F)c(-c4cc(C)ncc4C(=O)Nc4nnc(OC)s4)cn3)cc2C(=O)Nc2nnc(OC)s2)cn1. The molecule has 276 valence electrons. The van der Waals surface area contributed by atoms with E-state index in [4.69, 9.17) is 9.47 Å². The fraction of sp³-hybridized carbons (Fsp3) is 0.182. The van der Waals surface area contributed by atoms with Gasteiger partial charge in [0.05, 0.1) is 30.9 Å². The van der Waals surface area contributed by atoms with Gasteiger partial charge in [0.1, 0.15) is 23.8 Å². The summed E-state index contributed by atoms with van der Waals surface area (Å²) in [4.78, 5) is 52.0. The van der Waals surface area contributed by atoms with E-state index in [-0.39, 0.29) is 48.9 Å².